The van der Waals surface area contributed by atoms with Crippen LogP contribution in [0.5, 0.6) is 11.5 Å². The minimum atomic E-state index is -1.04. The SMILES string of the molecule is Cc1cc(O)c(C(c2ccccc2Cl)c2c(O)cc(C)[nH]c2=O)c(=O)[nH]1. The number of H-pyrrole nitrogens is 2. The van der Waals surface area contributed by atoms with Crippen LogP contribution in [-0.2, 0) is 0 Å². The van der Waals surface area contributed by atoms with E-state index in [1.165, 1.54) is 12.1 Å². The molecule has 0 atom stereocenters. The molecule has 3 aromatic rings. The number of halogens is 1. The Morgan fingerprint density at radius 2 is 1.35 bits per heavy atom. The van der Waals surface area contributed by atoms with E-state index in [1.807, 2.05) is 0 Å². The minimum absolute atomic E-state index is 0.0617. The number of aromatic hydroxyl groups is 2. The molecule has 0 radical (unpaired) electrons. The molecule has 0 unspecified atom stereocenters. The van der Waals surface area contributed by atoms with Crippen LogP contribution < -0.4 is 11.1 Å². The number of nitrogens with one attached hydrogen (secondary N) is 2. The van der Waals surface area contributed by atoms with Gasteiger partial charge in [0.05, 0.1) is 17.0 Å². The average molecular weight is 373 g/mol. The molecule has 0 spiro atoms. The molecule has 0 fully saturated rings. The van der Waals surface area contributed by atoms with Gasteiger partial charge in [-0.15, -0.1) is 0 Å². The van der Waals surface area contributed by atoms with Crippen LogP contribution in [0, 0.1) is 13.8 Å². The lowest BCUT2D eigenvalue weighted by Gasteiger charge is -2.20. The number of aromatic nitrogens is 2. The van der Waals surface area contributed by atoms with Crippen molar-refractivity contribution in [3.8, 4) is 11.5 Å². The summed E-state index contributed by atoms with van der Waals surface area (Å²) in [6, 6.07) is 9.45. The molecule has 26 heavy (non-hydrogen) atoms. The summed E-state index contributed by atoms with van der Waals surface area (Å²) < 4.78 is 0. The van der Waals surface area contributed by atoms with E-state index in [1.54, 1.807) is 38.1 Å². The lowest BCUT2D eigenvalue weighted by molar-refractivity contribution is 0.454. The molecule has 6 nitrogen and oxygen atoms in total. The zero-order valence-electron chi connectivity index (χ0n) is 14.1. The standard InChI is InChI=1S/C19H17ClN2O4/c1-9-7-13(23)16(18(25)21-9)15(11-5-3-4-6-12(11)20)17-14(24)8-10(2)22-19(17)26/h3-8,15H,1-2H3,(H2,21,23,25)(H2,22,24,26). The summed E-state index contributed by atoms with van der Waals surface area (Å²) in [5.74, 6) is -1.61. The van der Waals surface area contributed by atoms with E-state index in [4.69, 9.17) is 11.6 Å². The van der Waals surface area contributed by atoms with Crippen LogP contribution in [0.25, 0.3) is 0 Å². The maximum absolute atomic E-state index is 12.6. The molecule has 1 aromatic carbocycles. The van der Waals surface area contributed by atoms with Crippen molar-refractivity contribution in [2.75, 3.05) is 0 Å². The topological polar surface area (TPSA) is 106 Å². The van der Waals surface area contributed by atoms with Crippen molar-refractivity contribution in [2.24, 2.45) is 0 Å². The summed E-state index contributed by atoms with van der Waals surface area (Å²) in [6.45, 7) is 3.26. The highest BCUT2D eigenvalue weighted by Gasteiger charge is 2.30. The molecular formula is C19H17ClN2O4. The first-order valence-electron chi connectivity index (χ1n) is 7.89. The summed E-state index contributed by atoms with van der Waals surface area (Å²) in [7, 11) is 0. The maximum atomic E-state index is 12.6. The second-order valence-electron chi connectivity index (χ2n) is 6.12. The largest absolute Gasteiger partial charge is 0.507 e. The lowest BCUT2D eigenvalue weighted by Crippen LogP contribution is -2.25. The van der Waals surface area contributed by atoms with Gasteiger partial charge >= 0.3 is 0 Å². The van der Waals surface area contributed by atoms with Gasteiger partial charge in [0.25, 0.3) is 11.1 Å². The van der Waals surface area contributed by atoms with Gasteiger partial charge in [0.2, 0.25) is 0 Å². The van der Waals surface area contributed by atoms with Crippen LogP contribution >= 0.6 is 11.6 Å². The van der Waals surface area contributed by atoms with E-state index in [2.05, 4.69) is 9.97 Å². The Labute approximate surface area is 153 Å². The monoisotopic (exact) mass is 372 g/mol. The van der Waals surface area contributed by atoms with Gasteiger partial charge in [-0.1, -0.05) is 29.8 Å². The summed E-state index contributed by atoms with van der Waals surface area (Å²) in [4.78, 5) is 30.4. The molecule has 0 amide bonds. The molecule has 0 aliphatic heterocycles. The Balaban J connectivity index is 2.43. The third kappa shape index (κ3) is 3.11. The van der Waals surface area contributed by atoms with E-state index >= 15 is 0 Å². The Bertz CT molecular complexity index is 1040. The third-order valence-corrected chi connectivity index (χ3v) is 4.51. The van der Waals surface area contributed by atoms with E-state index in [0.717, 1.165) is 0 Å². The number of benzene rings is 1. The number of hydrogen-bond acceptors (Lipinski definition) is 4. The number of aromatic amines is 2. The zero-order chi connectivity index (χ0) is 19.0. The predicted molar refractivity (Wildman–Crippen MR) is 99.3 cm³/mol. The van der Waals surface area contributed by atoms with E-state index in [0.29, 0.717) is 22.0 Å². The van der Waals surface area contributed by atoms with Crippen molar-refractivity contribution < 1.29 is 10.2 Å². The van der Waals surface area contributed by atoms with Crippen LogP contribution in [0.15, 0.2) is 46.0 Å². The fraction of sp³-hybridized carbons (Fsp3) is 0.158. The molecule has 2 aromatic heterocycles. The highest BCUT2D eigenvalue weighted by atomic mass is 35.5. The average Bonchev–Trinajstić information content (AvgIpc) is 2.52. The number of pyridine rings is 2. The number of hydrogen-bond donors (Lipinski definition) is 4. The van der Waals surface area contributed by atoms with Gasteiger partial charge in [0, 0.05) is 16.4 Å². The van der Waals surface area contributed by atoms with Gasteiger partial charge in [-0.25, -0.2) is 0 Å². The predicted octanol–water partition coefficient (Wildman–Crippen LogP) is 2.92. The molecule has 0 aliphatic rings. The molecule has 134 valence electrons. The smallest absolute Gasteiger partial charge is 0.256 e. The van der Waals surface area contributed by atoms with Gasteiger partial charge < -0.3 is 20.2 Å². The first kappa shape index (κ1) is 17.8. The second-order valence-corrected chi connectivity index (χ2v) is 6.52. The molecule has 4 N–H and O–H groups in total. The van der Waals surface area contributed by atoms with Gasteiger partial charge in [0.15, 0.2) is 0 Å². The van der Waals surface area contributed by atoms with Gasteiger partial charge in [-0.05, 0) is 37.6 Å². The zero-order valence-corrected chi connectivity index (χ0v) is 14.9. The molecule has 2 heterocycles. The fourth-order valence-electron chi connectivity index (χ4n) is 3.09. The third-order valence-electron chi connectivity index (χ3n) is 4.16. The molecule has 0 saturated heterocycles. The summed E-state index contributed by atoms with van der Waals surface area (Å²) >= 11 is 6.30. The van der Waals surface area contributed by atoms with Crippen molar-refractivity contribution >= 4 is 11.6 Å². The second kappa shape index (κ2) is 6.72. The van der Waals surface area contributed by atoms with Crippen molar-refractivity contribution in [3.05, 3.63) is 90.2 Å². The molecule has 7 heteroatoms. The van der Waals surface area contributed by atoms with Crippen LogP contribution in [0.2, 0.25) is 5.02 Å². The van der Waals surface area contributed by atoms with E-state index in [9.17, 15) is 19.8 Å². The normalized spacial score (nSPS) is 11.1. The molecule has 0 aliphatic carbocycles. The van der Waals surface area contributed by atoms with Crippen molar-refractivity contribution in [1.29, 1.82) is 0 Å². The van der Waals surface area contributed by atoms with Gasteiger partial charge in [-0.2, -0.15) is 0 Å². The Hall–Kier alpha value is -2.99. The quantitative estimate of drug-likeness (QED) is 0.567. The first-order chi connectivity index (χ1) is 12.3. The van der Waals surface area contributed by atoms with Crippen molar-refractivity contribution in [1.82, 2.24) is 9.97 Å². The van der Waals surface area contributed by atoms with Crippen molar-refractivity contribution in [3.63, 3.8) is 0 Å². The van der Waals surface area contributed by atoms with Crippen LogP contribution in [0.4, 0.5) is 0 Å². The van der Waals surface area contributed by atoms with E-state index in [-0.39, 0.29) is 22.6 Å². The number of rotatable bonds is 3. The van der Waals surface area contributed by atoms with Crippen molar-refractivity contribution in [2.45, 2.75) is 19.8 Å². The van der Waals surface area contributed by atoms with Crippen LogP contribution in [0.1, 0.15) is 34.0 Å². The molecular weight excluding hydrogens is 356 g/mol. The van der Waals surface area contributed by atoms with Crippen LogP contribution in [0.3, 0.4) is 0 Å². The maximum Gasteiger partial charge on any atom is 0.256 e. The first-order valence-corrected chi connectivity index (χ1v) is 8.27. The minimum Gasteiger partial charge on any atom is -0.507 e. The lowest BCUT2D eigenvalue weighted by atomic mass is 9.85. The summed E-state index contributed by atoms with van der Waals surface area (Å²) in [5, 5.41) is 21.2. The Morgan fingerprint density at radius 1 is 0.885 bits per heavy atom. The van der Waals surface area contributed by atoms with E-state index < -0.39 is 17.0 Å². The highest BCUT2D eigenvalue weighted by molar-refractivity contribution is 6.31. The summed E-state index contributed by atoms with van der Waals surface area (Å²) in [6.07, 6.45) is 0. The molecule has 0 bridgehead atoms. The Kier molecular flexibility index (Phi) is 4.61. The summed E-state index contributed by atoms with van der Waals surface area (Å²) in [5.41, 5.74) is 0.108. The van der Waals surface area contributed by atoms with Crippen LogP contribution in [-0.4, -0.2) is 20.2 Å². The molecule has 3 rings (SSSR count). The number of aryl methyl sites for hydroxylation is 2. The Morgan fingerprint density at radius 3 is 1.77 bits per heavy atom. The van der Waals surface area contributed by atoms with Gasteiger partial charge in [0.1, 0.15) is 11.5 Å². The molecule has 0 saturated carbocycles. The fourth-order valence-corrected chi connectivity index (χ4v) is 3.33. The highest BCUT2D eigenvalue weighted by Crippen LogP contribution is 2.39. The van der Waals surface area contributed by atoms with Gasteiger partial charge in [-0.3, -0.25) is 9.59 Å².